The number of esters is 1. The van der Waals surface area contributed by atoms with Crippen LogP contribution in [0, 0.1) is 5.92 Å². The highest BCUT2D eigenvalue weighted by atomic mass is 35.5. The van der Waals surface area contributed by atoms with E-state index in [1.165, 1.54) is 12.2 Å². The maximum atomic E-state index is 12.6. The Morgan fingerprint density at radius 3 is 2.72 bits per heavy atom. The monoisotopic (exact) mass is 458 g/mol. The van der Waals surface area contributed by atoms with Crippen LogP contribution in [0.5, 0.6) is 0 Å². The van der Waals surface area contributed by atoms with Crippen molar-refractivity contribution >= 4 is 23.5 Å². The number of piperidine rings is 1. The van der Waals surface area contributed by atoms with Gasteiger partial charge in [-0.15, -0.1) is 6.58 Å². The molecule has 0 saturated carbocycles. The van der Waals surface area contributed by atoms with E-state index >= 15 is 0 Å². The number of amides is 1. The van der Waals surface area contributed by atoms with Gasteiger partial charge in [0.15, 0.2) is 0 Å². The van der Waals surface area contributed by atoms with E-state index in [4.69, 9.17) is 25.6 Å². The number of ether oxygens (including phenoxy) is 1. The van der Waals surface area contributed by atoms with E-state index in [2.05, 4.69) is 11.5 Å². The molecular formula is C24H27ClN2O5. The summed E-state index contributed by atoms with van der Waals surface area (Å²) in [6.45, 7) is 5.88. The topological polar surface area (TPSA) is 72.2 Å². The number of rotatable bonds is 7. The fourth-order valence-electron chi connectivity index (χ4n) is 4.75. The van der Waals surface area contributed by atoms with Gasteiger partial charge in [0, 0.05) is 25.1 Å². The minimum atomic E-state index is -0.699. The van der Waals surface area contributed by atoms with Gasteiger partial charge in [-0.2, -0.15) is 0 Å². The maximum absolute atomic E-state index is 12.6. The quantitative estimate of drug-likeness (QED) is 0.460. The molecule has 2 fully saturated rings. The molecule has 170 valence electrons. The zero-order chi connectivity index (χ0) is 22.7. The van der Waals surface area contributed by atoms with Crippen molar-refractivity contribution < 1.29 is 23.6 Å². The maximum Gasteiger partial charge on any atom is 0.311 e. The molecule has 4 rings (SSSR count). The predicted octanol–water partition coefficient (Wildman–Crippen LogP) is 4.07. The van der Waals surface area contributed by atoms with Crippen molar-refractivity contribution in [2.75, 3.05) is 26.8 Å². The first-order valence-corrected chi connectivity index (χ1v) is 11.1. The smallest absolute Gasteiger partial charge is 0.311 e. The first-order valence-electron chi connectivity index (χ1n) is 10.7. The number of nitrogens with zero attached hydrogens (tertiary/aromatic N) is 2. The third-order valence-electron chi connectivity index (χ3n) is 6.37. The molecule has 0 bridgehead atoms. The lowest BCUT2D eigenvalue weighted by Crippen LogP contribution is -2.57. The number of carbonyl (C=O) groups excluding carboxylic acids is 2. The van der Waals surface area contributed by atoms with E-state index in [0.717, 1.165) is 17.1 Å². The summed E-state index contributed by atoms with van der Waals surface area (Å²) < 4.78 is 11.0. The molecule has 1 aromatic carbocycles. The number of furan rings is 1. The molecule has 1 atom stereocenters. The number of benzene rings is 1. The van der Waals surface area contributed by atoms with E-state index < -0.39 is 11.5 Å². The molecular weight excluding hydrogens is 432 g/mol. The van der Waals surface area contributed by atoms with Gasteiger partial charge in [0.25, 0.3) is 0 Å². The van der Waals surface area contributed by atoms with Crippen LogP contribution in [0.2, 0.25) is 5.02 Å². The summed E-state index contributed by atoms with van der Waals surface area (Å²) in [6.07, 6.45) is 2.90. The highest BCUT2D eigenvalue weighted by molar-refractivity contribution is 6.33. The van der Waals surface area contributed by atoms with Crippen LogP contribution in [0.1, 0.15) is 25.0 Å². The fourth-order valence-corrected chi connectivity index (χ4v) is 4.98. The van der Waals surface area contributed by atoms with E-state index in [1.54, 1.807) is 6.08 Å². The van der Waals surface area contributed by atoms with E-state index in [-0.39, 0.29) is 24.9 Å². The number of hydrogen-bond acceptors (Lipinski definition) is 6. The number of methoxy groups -OCH3 is 1. The van der Waals surface area contributed by atoms with Crippen molar-refractivity contribution in [3.8, 4) is 11.3 Å². The van der Waals surface area contributed by atoms with Crippen molar-refractivity contribution in [2.24, 2.45) is 5.92 Å². The normalized spacial score (nSPS) is 20.6. The molecule has 2 aliphatic rings. The van der Waals surface area contributed by atoms with Crippen molar-refractivity contribution in [3.05, 3.63) is 59.8 Å². The van der Waals surface area contributed by atoms with Gasteiger partial charge in [0.05, 0.1) is 36.7 Å². The number of carbonyl (C=O) groups is 2. The number of hydrogen-bond donors (Lipinski definition) is 0. The molecule has 1 unspecified atom stereocenters. The minimum absolute atomic E-state index is 0.100. The molecule has 32 heavy (non-hydrogen) atoms. The summed E-state index contributed by atoms with van der Waals surface area (Å²) in [6, 6.07) is 11.5. The second-order valence-corrected chi connectivity index (χ2v) is 8.59. The van der Waals surface area contributed by atoms with Crippen LogP contribution in [0.4, 0.5) is 0 Å². The average Bonchev–Trinajstić information content (AvgIpc) is 3.36. The molecule has 0 aliphatic carbocycles. The van der Waals surface area contributed by atoms with Crippen LogP contribution in [-0.4, -0.2) is 54.2 Å². The number of hydroxylamine groups is 2. The van der Waals surface area contributed by atoms with Crippen LogP contribution in [0.25, 0.3) is 11.3 Å². The van der Waals surface area contributed by atoms with Crippen molar-refractivity contribution in [1.82, 2.24) is 9.96 Å². The molecule has 2 aliphatic heterocycles. The van der Waals surface area contributed by atoms with Crippen molar-refractivity contribution in [2.45, 2.75) is 31.3 Å². The lowest BCUT2D eigenvalue weighted by molar-refractivity contribution is -0.218. The number of halogens is 1. The first-order chi connectivity index (χ1) is 15.5. The Balaban J connectivity index is 1.46. The Morgan fingerprint density at radius 2 is 2.03 bits per heavy atom. The molecule has 0 N–H and O–H groups in total. The second-order valence-electron chi connectivity index (χ2n) is 8.18. The molecule has 1 amide bonds. The Bertz CT molecular complexity index is 996. The zero-order valence-electron chi connectivity index (χ0n) is 18.1. The van der Waals surface area contributed by atoms with Gasteiger partial charge in [0.2, 0.25) is 5.91 Å². The van der Waals surface area contributed by atoms with Crippen LogP contribution < -0.4 is 0 Å². The SMILES string of the molecule is C=CCON1C(=O)CC(C(=O)OC)C12CCN(Cc1ccc(-c3ccccc3Cl)o1)CC2. The van der Waals surface area contributed by atoms with Gasteiger partial charge in [-0.1, -0.05) is 29.8 Å². The Kier molecular flexibility index (Phi) is 6.69. The van der Waals surface area contributed by atoms with E-state index in [9.17, 15) is 9.59 Å². The predicted molar refractivity (Wildman–Crippen MR) is 120 cm³/mol. The summed E-state index contributed by atoms with van der Waals surface area (Å²) in [7, 11) is 1.36. The van der Waals surface area contributed by atoms with Crippen LogP contribution in [0.3, 0.4) is 0 Å². The highest BCUT2D eigenvalue weighted by Crippen LogP contribution is 2.44. The lowest BCUT2D eigenvalue weighted by atomic mass is 9.77. The molecule has 0 radical (unpaired) electrons. The first kappa shape index (κ1) is 22.6. The fraction of sp³-hybridized carbons (Fsp3) is 0.417. The minimum Gasteiger partial charge on any atom is -0.469 e. The Hall–Kier alpha value is -2.61. The molecule has 2 aromatic rings. The standard InChI is InChI=1S/C24H27ClN2O5/c1-3-14-31-27-22(28)15-19(23(29)30-2)24(27)10-12-26(13-11-24)16-17-8-9-21(32-17)18-6-4-5-7-20(18)25/h3-9,19H,1,10-16H2,2H3. The van der Waals surface area contributed by atoms with Gasteiger partial charge >= 0.3 is 5.97 Å². The summed E-state index contributed by atoms with van der Waals surface area (Å²) in [4.78, 5) is 33.1. The third kappa shape index (κ3) is 4.20. The molecule has 2 saturated heterocycles. The van der Waals surface area contributed by atoms with Crippen molar-refractivity contribution in [3.63, 3.8) is 0 Å². The van der Waals surface area contributed by atoms with E-state index in [0.29, 0.717) is 37.5 Å². The summed E-state index contributed by atoms with van der Waals surface area (Å²) in [5.41, 5.74) is 0.161. The zero-order valence-corrected chi connectivity index (χ0v) is 18.8. The molecule has 3 heterocycles. The van der Waals surface area contributed by atoms with Crippen molar-refractivity contribution in [1.29, 1.82) is 0 Å². The molecule has 8 heteroatoms. The van der Waals surface area contributed by atoms with Crippen LogP contribution >= 0.6 is 11.6 Å². The van der Waals surface area contributed by atoms with Gasteiger partial charge in [0.1, 0.15) is 11.5 Å². The average molecular weight is 459 g/mol. The molecule has 1 spiro atoms. The summed E-state index contributed by atoms with van der Waals surface area (Å²) in [5.74, 6) is 0.471. The Morgan fingerprint density at radius 1 is 1.28 bits per heavy atom. The number of likely N-dealkylation sites (tertiary alicyclic amines) is 1. The van der Waals surface area contributed by atoms with Gasteiger partial charge < -0.3 is 9.15 Å². The van der Waals surface area contributed by atoms with Gasteiger partial charge in [-0.05, 0) is 37.1 Å². The Labute approximate surface area is 192 Å². The largest absolute Gasteiger partial charge is 0.469 e. The molecule has 1 aromatic heterocycles. The van der Waals surface area contributed by atoms with Gasteiger partial charge in [-0.3, -0.25) is 19.3 Å². The van der Waals surface area contributed by atoms with Gasteiger partial charge in [-0.25, -0.2) is 5.06 Å². The van der Waals surface area contributed by atoms with Crippen LogP contribution in [0.15, 0.2) is 53.5 Å². The summed E-state index contributed by atoms with van der Waals surface area (Å²) in [5, 5.41) is 2.06. The third-order valence-corrected chi connectivity index (χ3v) is 6.70. The van der Waals surface area contributed by atoms with Crippen LogP contribution in [-0.2, 0) is 25.7 Å². The van der Waals surface area contributed by atoms with E-state index in [1.807, 2.05) is 36.4 Å². The highest BCUT2D eigenvalue weighted by Gasteiger charge is 2.58. The lowest BCUT2D eigenvalue weighted by Gasteiger charge is -2.45. The molecule has 7 nitrogen and oxygen atoms in total. The second kappa shape index (κ2) is 9.48. The summed E-state index contributed by atoms with van der Waals surface area (Å²) >= 11 is 6.28.